The molecule has 0 radical (unpaired) electrons. The van der Waals surface area contributed by atoms with Crippen molar-refractivity contribution in [2.45, 2.75) is 19.4 Å². The summed E-state index contributed by atoms with van der Waals surface area (Å²) in [5, 5.41) is 1.33. The van der Waals surface area contributed by atoms with Crippen molar-refractivity contribution >= 4 is 10.9 Å². The molecule has 4 aromatic rings. The van der Waals surface area contributed by atoms with Crippen molar-refractivity contribution in [2.24, 2.45) is 0 Å². The fraction of sp³-hybridized carbons (Fsp3) is 0.200. The van der Waals surface area contributed by atoms with Crippen molar-refractivity contribution in [2.75, 3.05) is 14.2 Å². The highest BCUT2D eigenvalue weighted by molar-refractivity contribution is 5.86. The van der Waals surface area contributed by atoms with Gasteiger partial charge in [-0.1, -0.05) is 48.5 Å². The first kappa shape index (κ1) is 16.9. The highest BCUT2D eigenvalue weighted by Crippen LogP contribution is 2.44. The minimum atomic E-state index is 0.164. The summed E-state index contributed by atoms with van der Waals surface area (Å²) in [7, 11) is 3.37. The fourth-order valence-corrected chi connectivity index (χ4v) is 4.69. The van der Waals surface area contributed by atoms with Gasteiger partial charge in [-0.15, -0.1) is 0 Å². The first-order valence-corrected chi connectivity index (χ1v) is 9.60. The second-order valence-corrected chi connectivity index (χ2v) is 7.36. The van der Waals surface area contributed by atoms with Crippen molar-refractivity contribution in [1.82, 2.24) is 4.57 Å². The van der Waals surface area contributed by atoms with Crippen LogP contribution in [0.15, 0.2) is 66.7 Å². The molecule has 0 bridgehead atoms. The van der Waals surface area contributed by atoms with E-state index in [4.69, 9.17) is 9.47 Å². The maximum absolute atomic E-state index is 5.60. The number of aromatic nitrogens is 1. The van der Waals surface area contributed by atoms with Gasteiger partial charge in [0.1, 0.15) is 0 Å². The molecular formula is C25H23NO2. The first-order valence-electron chi connectivity index (χ1n) is 9.60. The molecule has 0 aliphatic carbocycles. The van der Waals surface area contributed by atoms with Crippen LogP contribution >= 0.6 is 0 Å². The lowest BCUT2D eigenvalue weighted by molar-refractivity contribution is 0.354. The average Bonchev–Trinajstić information content (AvgIpc) is 3.03. The van der Waals surface area contributed by atoms with E-state index in [-0.39, 0.29) is 5.92 Å². The second-order valence-electron chi connectivity index (χ2n) is 7.36. The largest absolute Gasteiger partial charge is 0.493 e. The Labute approximate surface area is 165 Å². The van der Waals surface area contributed by atoms with Crippen molar-refractivity contribution < 1.29 is 9.47 Å². The van der Waals surface area contributed by atoms with E-state index in [9.17, 15) is 0 Å². The van der Waals surface area contributed by atoms with E-state index < -0.39 is 0 Å². The molecule has 28 heavy (non-hydrogen) atoms. The number of hydrogen-bond acceptors (Lipinski definition) is 2. The zero-order valence-corrected chi connectivity index (χ0v) is 16.4. The van der Waals surface area contributed by atoms with Crippen LogP contribution in [0.2, 0.25) is 0 Å². The summed E-state index contributed by atoms with van der Waals surface area (Å²) < 4.78 is 13.5. The molecule has 1 aliphatic heterocycles. The quantitative estimate of drug-likeness (QED) is 0.419. The lowest BCUT2D eigenvalue weighted by atomic mass is 9.82. The Morgan fingerprint density at radius 2 is 1.61 bits per heavy atom. The van der Waals surface area contributed by atoms with Crippen molar-refractivity contribution in [3.63, 3.8) is 0 Å². The minimum absolute atomic E-state index is 0.164. The Kier molecular flexibility index (Phi) is 3.90. The Morgan fingerprint density at radius 3 is 2.43 bits per heavy atom. The highest BCUT2D eigenvalue weighted by Gasteiger charge is 2.31. The van der Waals surface area contributed by atoms with Gasteiger partial charge in [0, 0.05) is 23.1 Å². The molecule has 2 heterocycles. The predicted molar refractivity (Wildman–Crippen MR) is 113 cm³/mol. The molecule has 0 amide bonds. The summed E-state index contributed by atoms with van der Waals surface area (Å²) in [6.45, 7) is 3.15. The number of fused-ring (bicyclic) bond motifs is 4. The molecule has 5 rings (SSSR count). The van der Waals surface area contributed by atoms with Crippen LogP contribution in [-0.2, 0) is 6.54 Å². The lowest BCUT2D eigenvalue weighted by Gasteiger charge is -2.30. The van der Waals surface area contributed by atoms with Crippen LogP contribution in [0.3, 0.4) is 0 Å². The Hall–Kier alpha value is -3.20. The molecular weight excluding hydrogens is 346 g/mol. The van der Waals surface area contributed by atoms with Crippen LogP contribution in [0.1, 0.15) is 33.9 Å². The third-order valence-corrected chi connectivity index (χ3v) is 5.98. The van der Waals surface area contributed by atoms with Crippen LogP contribution in [-0.4, -0.2) is 18.8 Å². The van der Waals surface area contributed by atoms with E-state index in [0.717, 1.165) is 18.0 Å². The fourth-order valence-electron chi connectivity index (χ4n) is 4.69. The monoisotopic (exact) mass is 369 g/mol. The Bertz CT molecular complexity index is 1190. The van der Waals surface area contributed by atoms with E-state index in [0.29, 0.717) is 0 Å². The maximum atomic E-state index is 5.60. The van der Waals surface area contributed by atoms with Crippen molar-refractivity contribution in [3.8, 4) is 11.5 Å². The van der Waals surface area contributed by atoms with E-state index in [1.54, 1.807) is 14.2 Å². The number of para-hydroxylation sites is 1. The van der Waals surface area contributed by atoms with E-state index in [1.165, 1.54) is 38.9 Å². The van der Waals surface area contributed by atoms with Gasteiger partial charge in [-0.2, -0.15) is 0 Å². The normalized spacial score (nSPS) is 15.2. The van der Waals surface area contributed by atoms with Crippen LogP contribution in [0.25, 0.3) is 10.9 Å². The number of aryl methyl sites for hydroxylation is 1. The van der Waals surface area contributed by atoms with Gasteiger partial charge >= 0.3 is 0 Å². The molecule has 3 aromatic carbocycles. The molecule has 1 atom stereocenters. The van der Waals surface area contributed by atoms with Gasteiger partial charge < -0.3 is 14.0 Å². The lowest BCUT2D eigenvalue weighted by Crippen LogP contribution is -2.20. The summed E-state index contributed by atoms with van der Waals surface area (Å²) in [5.74, 6) is 1.69. The molecule has 1 aromatic heterocycles. The van der Waals surface area contributed by atoms with Crippen molar-refractivity contribution in [1.29, 1.82) is 0 Å². The standard InChI is InChI=1S/C25H23NO2/c1-16-19-9-6-7-11-21(19)26-15-18-8-4-5-10-20(18)24(25(16)26)17-12-13-22(27-2)23(14-17)28-3/h4-14,24H,15H2,1-3H3. The first-order chi connectivity index (χ1) is 13.7. The van der Waals surface area contributed by atoms with Crippen LogP contribution in [0.5, 0.6) is 11.5 Å². The van der Waals surface area contributed by atoms with Gasteiger partial charge in [0.15, 0.2) is 11.5 Å². The van der Waals surface area contributed by atoms with Gasteiger partial charge in [-0.05, 0) is 47.4 Å². The van der Waals surface area contributed by atoms with Gasteiger partial charge in [-0.3, -0.25) is 0 Å². The number of rotatable bonds is 3. The molecule has 0 saturated carbocycles. The van der Waals surface area contributed by atoms with Crippen LogP contribution in [0, 0.1) is 6.92 Å². The topological polar surface area (TPSA) is 23.4 Å². The van der Waals surface area contributed by atoms with Crippen molar-refractivity contribution in [3.05, 3.63) is 94.7 Å². The zero-order chi connectivity index (χ0) is 19.3. The molecule has 0 spiro atoms. The predicted octanol–water partition coefficient (Wildman–Crippen LogP) is 5.51. The summed E-state index contributed by atoms with van der Waals surface area (Å²) >= 11 is 0. The molecule has 1 unspecified atom stereocenters. The smallest absolute Gasteiger partial charge is 0.161 e. The molecule has 0 saturated heterocycles. The van der Waals surface area contributed by atoms with Gasteiger partial charge in [0.25, 0.3) is 0 Å². The second kappa shape index (κ2) is 6.45. The van der Waals surface area contributed by atoms with E-state index in [2.05, 4.69) is 72.2 Å². The number of nitrogens with zero attached hydrogens (tertiary/aromatic N) is 1. The van der Waals surface area contributed by atoms with Gasteiger partial charge in [0.2, 0.25) is 0 Å². The third kappa shape index (κ3) is 2.36. The molecule has 140 valence electrons. The summed E-state index contributed by atoms with van der Waals surface area (Å²) in [4.78, 5) is 0. The molecule has 1 aliphatic rings. The van der Waals surface area contributed by atoms with Crippen LogP contribution in [0.4, 0.5) is 0 Å². The van der Waals surface area contributed by atoms with E-state index >= 15 is 0 Å². The Balaban J connectivity index is 1.81. The minimum Gasteiger partial charge on any atom is -0.493 e. The molecule has 0 fully saturated rings. The summed E-state index contributed by atoms with van der Waals surface area (Å²) in [5.41, 5.74) is 7.98. The number of hydrogen-bond donors (Lipinski definition) is 0. The third-order valence-electron chi connectivity index (χ3n) is 5.98. The molecule has 3 nitrogen and oxygen atoms in total. The SMILES string of the molecule is COc1ccc(C2c3ccccc3Cn3c2c(C)c2ccccc23)cc1OC. The molecule has 0 N–H and O–H groups in total. The van der Waals surface area contributed by atoms with Crippen LogP contribution < -0.4 is 9.47 Å². The highest BCUT2D eigenvalue weighted by atomic mass is 16.5. The number of benzene rings is 3. The van der Waals surface area contributed by atoms with E-state index in [1.807, 2.05) is 6.07 Å². The zero-order valence-electron chi connectivity index (χ0n) is 16.4. The number of ether oxygens (including phenoxy) is 2. The Morgan fingerprint density at radius 1 is 0.857 bits per heavy atom. The summed E-state index contributed by atoms with van der Waals surface area (Å²) in [6.07, 6.45) is 0. The number of methoxy groups -OCH3 is 2. The molecule has 3 heteroatoms. The maximum Gasteiger partial charge on any atom is 0.161 e. The summed E-state index contributed by atoms with van der Waals surface area (Å²) in [6, 6.07) is 23.8. The average molecular weight is 369 g/mol. The van der Waals surface area contributed by atoms with Gasteiger partial charge in [0.05, 0.1) is 20.1 Å². The van der Waals surface area contributed by atoms with Gasteiger partial charge in [-0.25, -0.2) is 0 Å².